The molecule has 166 valence electrons. The first-order valence-electron chi connectivity index (χ1n) is 10.9. The van der Waals surface area contributed by atoms with Crippen molar-refractivity contribution >= 4 is 39.7 Å². The van der Waals surface area contributed by atoms with E-state index in [1.807, 2.05) is 60.5 Å². The van der Waals surface area contributed by atoms with Crippen LogP contribution in [0.15, 0.2) is 61.1 Å². The van der Waals surface area contributed by atoms with Crippen molar-refractivity contribution in [2.75, 3.05) is 18.4 Å². The Kier molecular flexibility index (Phi) is 5.83. The van der Waals surface area contributed by atoms with Gasteiger partial charge in [0, 0.05) is 48.5 Å². The summed E-state index contributed by atoms with van der Waals surface area (Å²) in [7, 11) is 0. The van der Waals surface area contributed by atoms with Gasteiger partial charge in [0.25, 0.3) is 5.91 Å². The molecule has 0 atom stereocenters. The number of nitrogens with zero attached hydrogens (tertiary/aromatic N) is 4. The van der Waals surface area contributed by atoms with Gasteiger partial charge in [0.15, 0.2) is 0 Å². The van der Waals surface area contributed by atoms with Gasteiger partial charge in [-0.05, 0) is 49.4 Å². The number of carbonyl (C=O) groups is 2. The first-order chi connectivity index (χ1) is 16.1. The molecule has 8 heteroatoms. The minimum atomic E-state index is -0.143. The molecule has 1 N–H and O–H groups in total. The molecule has 4 aromatic rings. The number of hydrogen-bond acceptors (Lipinski definition) is 6. The predicted octanol–water partition coefficient (Wildman–Crippen LogP) is 4.55. The van der Waals surface area contributed by atoms with Crippen LogP contribution >= 0.6 is 11.3 Å². The van der Waals surface area contributed by atoms with Crippen molar-refractivity contribution in [3.63, 3.8) is 0 Å². The second-order valence-corrected chi connectivity index (χ2v) is 9.39. The Morgan fingerprint density at radius 2 is 1.73 bits per heavy atom. The van der Waals surface area contributed by atoms with E-state index in [9.17, 15) is 9.59 Å². The molecule has 1 saturated heterocycles. The molecule has 3 aromatic heterocycles. The first-order valence-corrected chi connectivity index (χ1v) is 11.7. The summed E-state index contributed by atoms with van der Waals surface area (Å²) in [4.78, 5) is 41.5. The van der Waals surface area contributed by atoms with Crippen LogP contribution in [-0.2, 0) is 4.79 Å². The number of aryl methyl sites for hydroxylation is 1. The number of benzene rings is 1. The van der Waals surface area contributed by atoms with Crippen molar-refractivity contribution < 1.29 is 9.59 Å². The molecule has 0 spiro atoms. The number of aromatic nitrogens is 3. The first kappa shape index (κ1) is 21.2. The van der Waals surface area contributed by atoms with Gasteiger partial charge in [-0.25, -0.2) is 9.97 Å². The SMILES string of the molecule is Cc1ncc(-c2cc3cc(NC(=O)C4CCN(C(=O)c5ccccc5)CC4)ncc3cn2)s1. The van der Waals surface area contributed by atoms with Crippen LogP contribution in [0.25, 0.3) is 21.3 Å². The maximum atomic E-state index is 12.9. The molecule has 1 fully saturated rings. The molecular formula is C25H23N5O2S. The standard InChI is InChI=1S/C25H23N5O2S/c1-16-26-15-22(33-16)21-11-19-12-23(28-14-20(19)13-27-21)29-24(31)17-7-9-30(10-8-17)25(32)18-5-3-2-4-6-18/h2-6,11-15,17H,7-10H2,1H3,(H,28,29,31). The van der Waals surface area contributed by atoms with Crippen LogP contribution in [0.3, 0.4) is 0 Å². The molecule has 7 nitrogen and oxygen atoms in total. The van der Waals surface area contributed by atoms with E-state index in [0.29, 0.717) is 37.3 Å². The smallest absolute Gasteiger partial charge is 0.253 e. The number of amides is 2. The summed E-state index contributed by atoms with van der Waals surface area (Å²) < 4.78 is 0. The minimum absolute atomic E-state index is 0.0196. The molecular weight excluding hydrogens is 434 g/mol. The van der Waals surface area contributed by atoms with Gasteiger partial charge in [-0.3, -0.25) is 14.6 Å². The Morgan fingerprint density at radius 3 is 2.45 bits per heavy atom. The molecule has 0 aliphatic carbocycles. The summed E-state index contributed by atoms with van der Waals surface area (Å²) in [5.41, 5.74) is 1.54. The Bertz CT molecular complexity index is 1310. The Hall–Kier alpha value is -3.65. The molecule has 0 unspecified atom stereocenters. The Morgan fingerprint density at radius 1 is 0.970 bits per heavy atom. The molecule has 0 bridgehead atoms. The maximum Gasteiger partial charge on any atom is 0.253 e. The highest BCUT2D eigenvalue weighted by atomic mass is 32.1. The lowest BCUT2D eigenvalue weighted by Gasteiger charge is -2.31. The van der Waals surface area contributed by atoms with Gasteiger partial charge in [0.1, 0.15) is 5.82 Å². The van der Waals surface area contributed by atoms with Gasteiger partial charge in [-0.2, -0.15) is 0 Å². The normalized spacial score (nSPS) is 14.4. The fraction of sp³-hybridized carbons (Fsp3) is 0.240. The predicted molar refractivity (Wildman–Crippen MR) is 129 cm³/mol. The molecule has 5 rings (SSSR count). The number of rotatable bonds is 4. The van der Waals surface area contributed by atoms with Crippen LogP contribution < -0.4 is 5.32 Å². The van der Waals surface area contributed by atoms with Crippen LogP contribution in [0.4, 0.5) is 5.82 Å². The van der Waals surface area contributed by atoms with Gasteiger partial charge in [-0.15, -0.1) is 11.3 Å². The summed E-state index contributed by atoms with van der Waals surface area (Å²) in [6.45, 7) is 3.11. The van der Waals surface area contributed by atoms with E-state index in [1.54, 1.807) is 23.7 Å². The lowest BCUT2D eigenvalue weighted by atomic mass is 9.95. The maximum absolute atomic E-state index is 12.9. The molecule has 1 aliphatic rings. The number of fused-ring (bicyclic) bond motifs is 1. The van der Waals surface area contributed by atoms with Crippen molar-refractivity contribution in [2.24, 2.45) is 5.92 Å². The second kappa shape index (κ2) is 9.07. The van der Waals surface area contributed by atoms with Gasteiger partial charge in [0.2, 0.25) is 5.91 Å². The highest BCUT2D eigenvalue weighted by Crippen LogP contribution is 2.27. The monoisotopic (exact) mass is 457 g/mol. The molecule has 1 aromatic carbocycles. The van der Waals surface area contributed by atoms with Crippen LogP contribution in [0.5, 0.6) is 0 Å². The zero-order valence-electron chi connectivity index (χ0n) is 18.2. The average molecular weight is 458 g/mol. The fourth-order valence-electron chi connectivity index (χ4n) is 4.06. The van der Waals surface area contributed by atoms with Crippen LogP contribution in [0.1, 0.15) is 28.2 Å². The zero-order valence-corrected chi connectivity index (χ0v) is 19.0. The summed E-state index contributed by atoms with van der Waals surface area (Å²) in [6, 6.07) is 13.1. The quantitative estimate of drug-likeness (QED) is 0.486. The van der Waals surface area contributed by atoms with Crippen molar-refractivity contribution in [2.45, 2.75) is 19.8 Å². The van der Waals surface area contributed by atoms with E-state index < -0.39 is 0 Å². The van der Waals surface area contributed by atoms with E-state index in [4.69, 9.17) is 0 Å². The third-order valence-corrected chi connectivity index (χ3v) is 6.84. The van der Waals surface area contributed by atoms with Crippen molar-refractivity contribution in [3.05, 3.63) is 71.6 Å². The minimum Gasteiger partial charge on any atom is -0.339 e. The number of hydrogen-bond donors (Lipinski definition) is 1. The number of nitrogens with one attached hydrogen (secondary N) is 1. The molecule has 0 saturated carbocycles. The van der Waals surface area contributed by atoms with Crippen molar-refractivity contribution in [3.8, 4) is 10.6 Å². The van der Waals surface area contributed by atoms with E-state index in [2.05, 4.69) is 20.3 Å². The summed E-state index contributed by atoms with van der Waals surface area (Å²) in [5.74, 6) is 0.343. The topological polar surface area (TPSA) is 88.1 Å². The van der Waals surface area contributed by atoms with Gasteiger partial charge < -0.3 is 10.2 Å². The third-order valence-electron chi connectivity index (χ3n) is 5.90. The van der Waals surface area contributed by atoms with Crippen LogP contribution in [-0.4, -0.2) is 44.8 Å². The van der Waals surface area contributed by atoms with E-state index in [1.165, 1.54) is 0 Å². The van der Waals surface area contributed by atoms with Crippen molar-refractivity contribution in [1.82, 2.24) is 19.9 Å². The fourth-order valence-corrected chi connectivity index (χ4v) is 4.80. The lowest BCUT2D eigenvalue weighted by molar-refractivity contribution is -0.121. The van der Waals surface area contributed by atoms with Crippen LogP contribution in [0, 0.1) is 12.8 Å². The summed E-state index contributed by atoms with van der Waals surface area (Å²) >= 11 is 1.60. The van der Waals surface area contributed by atoms with E-state index in [0.717, 1.165) is 26.4 Å². The van der Waals surface area contributed by atoms with Crippen molar-refractivity contribution in [1.29, 1.82) is 0 Å². The van der Waals surface area contributed by atoms with Crippen LogP contribution in [0.2, 0.25) is 0 Å². The molecule has 1 aliphatic heterocycles. The number of carbonyl (C=O) groups excluding carboxylic acids is 2. The third kappa shape index (κ3) is 4.61. The van der Waals surface area contributed by atoms with Gasteiger partial charge >= 0.3 is 0 Å². The highest BCUT2D eigenvalue weighted by Gasteiger charge is 2.28. The van der Waals surface area contributed by atoms with Gasteiger partial charge in [0.05, 0.1) is 15.6 Å². The molecule has 0 radical (unpaired) electrons. The molecule has 2 amide bonds. The second-order valence-electron chi connectivity index (χ2n) is 8.15. The summed E-state index contributed by atoms with van der Waals surface area (Å²) in [6.07, 6.45) is 6.61. The largest absolute Gasteiger partial charge is 0.339 e. The van der Waals surface area contributed by atoms with E-state index in [-0.39, 0.29) is 17.7 Å². The average Bonchev–Trinajstić information content (AvgIpc) is 3.30. The van der Waals surface area contributed by atoms with Gasteiger partial charge in [-0.1, -0.05) is 18.2 Å². The number of thiazole rings is 1. The Labute approximate surface area is 195 Å². The number of likely N-dealkylation sites (tertiary alicyclic amines) is 1. The lowest BCUT2D eigenvalue weighted by Crippen LogP contribution is -2.41. The zero-order chi connectivity index (χ0) is 22.8. The Balaban J connectivity index is 1.24. The molecule has 4 heterocycles. The summed E-state index contributed by atoms with van der Waals surface area (Å²) in [5, 5.41) is 5.82. The van der Waals surface area contributed by atoms with E-state index >= 15 is 0 Å². The number of anilines is 1. The highest BCUT2D eigenvalue weighted by molar-refractivity contribution is 7.15. The molecule has 33 heavy (non-hydrogen) atoms. The number of pyridine rings is 2. The number of piperidine rings is 1.